The lowest BCUT2D eigenvalue weighted by atomic mass is 10.0. The molecule has 3 aromatic heterocycles. The minimum atomic E-state index is 0.746. The van der Waals surface area contributed by atoms with Gasteiger partial charge in [0, 0.05) is 22.5 Å². The highest BCUT2D eigenvalue weighted by molar-refractivity contribution is 5.97. The summed E-state index contributed by atoms with van der Waals surface area (Å²) in [6, 6.07) is 22.2. The number of nitrogens with zero attached hydrogens (tertiary/aromatic N) is 3. The lowest BCUT2D eigenvalue weighted by Crippen LogP contribution is -1.99. The fraction of sp³-hybridized carbons (Fsp3) is 0.0455. The molecule has 0 fully saturated rings. The lowest BCUT2D eigenvalue weighted by Gasteiger charge is -2.11. The van der Waals surface area contributed by atoms with Crippen LogP contribution in [0.4, 0.5) is 11.6 Å². The summed E-state index contributed by atoms with van der Waals surface area (Å²) in [5.41, 5.74) is 5.05. The number of aromatic nitrogens is 4. The summed E-state index contributed by atoms with van der Waals surface area (Å²) >= 11 is 0. The van der Waals surface area contributed by atoms with Crippen molar-refractivity contribution >= 4 is 33.4 Å². The molecule has 130 valence electrons. The van der Waals surface area contributed by atoms with Gasteiger partial charge < -0.3 is 5.32 Å². The van der Waals surface area contributed by atoms with E-state index in [-0.39, 0.29) is 0 Å². The van der Waals surface area contributed by atoms with Crippen molar-refractivity contribution in [1.29, 1.82) is 0 Å². The first-order chi connectivity index (χ1) is 13.3. The molecule has 0 aliphatic rings. The van der Waals surface area contributed by atoms with Crippen LogP contribution in [0.5, 0.6) is 0 Å². The number of rotatable bonds is 3. The molecule has 0 unspecified atom stereocenters. The van der Waals surface area contributed by atoms with Crippen LogP contribution in [0, 0.1) is 6.92 Å². The van der Waals surface area contributed by atoms with Crippen LogP contribution < -0.4 is 5.32 Å². The van der Waals surface area contributed by atoms with E-state index in [1.54, 1.807) is 6.20 Å². The fourth-order valence-electron chi connectivity index (χ4n) is 3.34. The lowest BCUT2D eigenvalue weighted by molar-refractivity contribution is 1.12. The third-order valence-corrected chi connectivity index (χ3v) is 4.73. The topological polar surface area (TPSA) is 66.5 Å². The van der Waals surface area contributed by atoms with E-state index >= 15 is 0 Å². The number of aryl methyl sites for hydroxylation is 1. The molecule has 3 heterocycles. The average molecular weight is 351 g/mol. The second kappa shape index (κ2) is 6.21. The summed E-state index contributed by atoms with van der Waals surface area (Å²) in [6.45, 7) is 2.09. The first kappa shape index (κ1) is 15.5. The number of para-hydroxylation sites is 1. The molecule has 0 radical (unpaired) electrons. The van der Waals surface area contributed by atoms with Crippen LogP contribution in [0.2, 0.25) is 0 Å². The summed E-state index contributed by atoms with van der Waals surface area (Å²) in [5.74, 6) is 1.50. The SMILES string of the molecule is Cc1ccccc1-c1cc2ncccc2c(Nc2n[nH]c3ccccc23)n1. The van der Waals surface area contributed by atoms with Crippen molar-refractivity contribution in [3.8, 4) is 11.3 Å². The zero-order chi connectivity index (χ0) is 18.2. The third kappa shape index (κ3) is 2.69. The molecule has 5 nitrogen and oxygen atoms in total. The number of pyridine rings is 2. The van der Waals surface area contributed by atoms with Gasteiger partial charge in [0.15, 0.2) is 5.82 Å². The maximum absolute atomic E-state index is 4.91. The molecule has 5 rings (SSSR count). The molecule has 27 heavy (non-hydrogen) atoms. The van der Waals surface area contributed by atoms with Crippen molar-refractivity contribution in [2.75, 3.05) is 5.32 Å². The van der Waals surface area contributed by atoms with E-state index in [2.05, 4.69) is 39.6 Å². The standard InChI is InChI=1S/C22H17N5/c1-14-7-2-3-8-15(14)20-13-19-17(10-6-12-23-19)21(24-20)25-22-16-9-4-5-11-18(16)26-27-22/h2-13H,1H3,(H2,24,25,26,27). The van der Waals surface area contributed by atoms with Gasteiger partial charge in [-0.2, -0.15) is 5.10 Å². The van der Waals surface area contributed by atoms with Gasteiger partial charge in [0.05, 0.1) is 16.7 Å². The van der Waals surface area contributed by atoms with Crippen molar-refractivity contribution in [2.45, 2.75) is 6.92 Å². The Morgan fingerprint density at radius 1 is 0.852 bits per heavy atom. The van der Waals surface area contributed by atoms with Gasteiger partial charge in [0.25, 0.3) is 0 Å². The van der Waals surface area contributed by atoms with Gasteiger partial charge in [-0.3, -0.25) is 10.1 Å². The van der Waals surface area contributed by atoms with Crippen molar-refractivity contribution in [3.63, 3.8) is 0 Å². The molecule has 0 saturated heterocycles. The highest BCUT2D eigenvalue weighted by Gasteiger charge is 2.12. The van der Waals surface area contributed by atoms with Crippen molar-refractivity contribution in [2.24, 2.45) is 0 Å². The van der Waals surface area contributed by atoms with Crippen molar-refractivity contribution in [1.82, 2.24) is 20.2 Å². The van der Waals surface area contributed by atoms with Gasteiger partial charge in [0.1, 0.15) is 5.82 Å². The van der Waals surface area contributed by atoms with Crippen LogP contribution in [-0.4, -0.2) is 20.2 Å². The molecule has 5 heteroatoms. The van der Waals surface area contributed by atoms with Gasteiger partial charge >= 0.3 is 0 Å². The van der Waals surface area contributed by atoms with Crippen LogP contribution in [0.15, 0.2) is 72.9 Å². The molecular formula is C22H17N5. The van der Waals surface area contributed by atoms with E-state index in [4.69, 9.17) is 4.98 Å². The maximum Gasteiger partial charge on any atom is 0.161 e. The predicted octanol–water partition coefficient (Wildman–Crippen LogP) is 5.23. The van der Waals surface area contributed by atoms with Gasteiger partial charge in [-0.25, -0.2) is 4.98 Å². The van der Waals surface area contributed by atoms with Gasteiger partial charge in [-0.1, -0.05) is 36.4 Å². The molecule has 0 saturated carbocycles. The molecular weight excluding hydrogens is 334 g/mol. The second-order valence-corrected chi connectivity index (χ2v) is 6.48. The van der Waals surface area contributed by atoms with Gasteiger partial charge in [-0.05, 0) is 42.8 Å². The third-order valence-electron chi connectivity index (χ3n) is 4.73. The molecule has 0 spiro atoms. The van der Waals surface area contributed by atoms with Gasteiger partial charge in [0.2, 0.25) is 0 Å². The minimum absolute atomic E-state index is 0.746. The number of hydrogen-bond acceptors (Lipinski definition) is 4. The van der Waals surface area contributed by atoms with E-state index < -0.39 is 0 Å². The van der Waals surface area contributed by atoms with Crippen LogP contribution in [-0.2, 0) is 0 Å². The van der Waals surface area contributed by atoms with Crippen LogP contribution >= 0.6 is 0 Å². The first-order valence-electron chi connectivity index (χ1n) is 8.81. The summed E-state index contributed by atoms with van der Waals surface area (Å²) in [5, 5.41) is 12.9. The Bertz CT molecular complexity index is 1270. The summed E-state index contributed by atoms with van der Waals surface area (Å²) in [7, 11) is 0. The fourth-order valence-corrected chi connectivity index (χ4v) is 3.34. The summed E-state index contributed by atoms with van der Waals surface area (Å²) < 4.78 is 0. The van der Waals surface area contributed by atoms with Gasteiger partial charge in [-0.15, -0.1) is 0 Å². The Hall–Kier alpha value is -3.73. The molecule has 0 bridgehead atoms. The highest BCUT2D eigenvalue weighted by atomic mass is 15.2. The number of benzene rings is 2. The molecule has 5 aromatic rings. The molecule has 0 aliphatic carbocycles. The minimum Gasteiger partial charge on any atom is -0.322 e. The Balaban J connectivity index is 1.70. The maximum atomic E-state index is 4.91. The number of hydrogen-bond donors (Lipinski definition) is 2. The van der Waals surface area contributed by atoms with Crippen molar-refractivity contribution < 1.29 is 0 Å². The predicted molar refractivity (Wildman–Crippen MR) is 109 cm³/mol. The Kier molecular flexibility index (Phi) is 3.57. The zero-order valence-corrected chi connectivity index (χ0v) is 14.8. The van der Waals surface area contributed by atoms with E-state index in [0.717, 1.165) is 44.7 Å². The quantitative estimate of drug-likeness (QED) is 0.467. The number of aromatic amines is 1. The van der Waals surface area contributed by atoms with Crippen LogP contribution in [0.1, 0.15) is 5.56 Å². The average Bonchev–Trinajstić information content (AvgIpc) is 3.11. The molecule has 2 N–H and O–H groups in total. The molecule has 0 aliphatic heterocycles. The monoisotopic (exact) mass is 351 g/mol. The summed E-state index contributed by atoms with van der Waals surface area (Å²) in [6.07, 6.45) is 1.80. The highest BCUT2D eigenvalue weighted by Crippen LogP contribution is 2.31. The number of H-pyrrole nitrogens is 1. The number of fused-ring (bicyclic) bond motifs is 2. The molecule has 0 atom stereocenters. The second-order valence-electron chi connectivity index (χ2n) is 6.48. The molecule has 0 amide bonds. The largest absolute Gasteiger partial charge is 0.322 e. The zero-order valence-electron chi connectivity index (χ0n) is 14.8. The Morgan fingerprint density at radius 3 is 2.59 bits per heavy atom. The number of anilines is 2. The normalized spacial score (nSPS) is 11.1. The first-order valence-corrected chi connectivity index (χ1v) is 8.81. The van der Waals surface area contributed by atoms with E-state index in [9.17, 15) is 0 Å². The van der Waals surface area contributed by atoms with E-state index in [1.165, 1.54) is 5.56 Å². The molecule has 2 aromatic carbocycles. The number of nitrogens with one attached hydrogen (secondary N) is 2. The Labute approximate surface area is 156 Å². The van der Waals surface area contributed by atoms with Crippen molar-refractivity contribution in [3.05, 3.63) is 78.5 Å². The van der Waals surface area contributed by atoms with Crippen LogP contribution in [0.3, 0.4) is 0 Å². The van der Waals surface area contributed by atoms with Crippen LogP contribution in [0.25, 0.3) is 33.1 Å². The Morgan fingerprint density at radius 2 is 1.67 bits per heavy atom. The summed E-state index contributed by atoms with van der Waals surface area (Å²) in [4.78, 5) is 9.45. The van der Waals surface area contributed by atoms with E-state index in [1.807, 2.05) is 54.6 Å². The van der Waals surface area contributed by atoms with E-state index in [0.29, 0.717) is 0 Å². The smallest absolute Gasteiger partial charge is 0.161 e.